The zero-order chi connectivity index (χ0) is 17.0. The summed E-state index contributed by atoms with van der Waals surface area (Å²) in [5.41, 5.74) is 0. The van der Waals surface area contributed by atoms with E-state index in [1.807, 2.05) is 0 Å². The SMILES string of the molecule is COCCOCCOCCOCCOCCOCCOC(=O)O. The highest BCUT2D eigenvalue weighted by molar-refractivity contribution is 5.56. The molecule has 0 aromatic rings. The Bertz CT molecular complexity index is 250. The summed E-state index contributed by atoms with van der Waals surface area (Å²) < 4.78 is 35.3. The second kappa shape index (κ2) is 19.1. The van der Waals surface area contributed by atoms with Crippen molar-refractivity contribution < 1.29 is 43.1 Å². The predicted molar refractivity (Wildman–Crippen MR) is 79.9 cm³/mol. The molecular formula is C14H28O9. The van der Waals surface area contributed by atoms with Crippen molar-refractivity contribution in [3.63, 3.8) is 0 Å². The van der Waals surface area contributed by atoms with Crippen LogP contribution >= 0.6 is 0 Å². The Morgan fingerprint density at radius 2 is 0.913 bits per heavy atom. The van der Waals surface area contributed by atoms with Gasteiger partial charge in [-0.15, -0.1) is 0 Å². The molecule has 9 nitrogen and oxygen atoms in total. The van der Waals surface area contributed by atoms with Gasteiger partial charge in [0.1, 0.15) is 6.61 Å². The van der Waals surface area contributed by atoms with Crippen LogP contribution in [0.5, 0.6) is 0 Å². The molecule has 0 spiro atoms. The summed E-state index contributed by atoms with van der Waals surface area (Å²) in [5, 5.41) is 8.21. The predicted octanol–water partition coefficient (Wildman–Crippen LogP) is 0.410. The summed E-state index contributed by atoms with van der Waals surface area (Å²) >= 11 is 0. The highest BCUT2D eigenvalue weighted by atomic mass is 16.7. The van der Waals surface area contributed by atoms with Crippen molar-refractivity contribution >= 4 is 6.16 Å². The maximum Gasteiger partial charge on any atom is 0.505 e. The minimum Gasteiger partial charge on any atom is -0.450 e. The monoisotopic (exact) mass is 340 g/mol. The highest BCUT2D eigenvalue weighted by Crippen LogP contribution is 1.84. The van der Waals surface area contributed by atoms with E-state index in [1.54, 1.807) is 7.11 Å². The molecule has 0 atom stereocenters. The minimum atomic E-state index is -1.30. The van der Waals surface area contributed by atoms with Crippen molar-refractivity contribution in [1.29, 1.82) is 0 Å². The van der Waals surface area contributed by atoms with Gasteiger partial charge in [-0.2, -0.15) is 0 Å². The van der Waals surface area contributed by atoms with Gasteiger partial charge in [0.2, 0.25) is 0 Å². The van der Waals surface area contributed by atoms with Crippen molar-refractivity contribution in [1.82, 2.24) is 0 Å². The van der Waals surface area contributed by atoms with E-state index in [2.05, 4.69) is 4.74 Å². The molecule has 0 rings (SSSR count). The number of carboxylic acid groups (broad SMARTS) is 1. The van der Waals surface area contributed by atoms with Crippen molar-refractivity contribution in [2.75, 3.05) is 86.4 Å². The van der Waals surface area contributed by atoms with Gasteiger partial charge in [0.05, 0.1) is 72.7 Å². The number of methoxy groups -OCH3 is 1. The van der Waals surface area contributed by atoms with E-state index in [-0.39, 0.29) is 13.2 Å². The first-order chi connectivity index (χ1) is 11.3. The summed E-state index contributed by atoms with van der Waals surface area (Å²) in [6.45, 7) is 5.26. The third-order valence-electron chi connectivity index (χ3n) is 2.37. The van der Waals surface area contributed by atoms with Gasteiger partial charge in [-0.25, -0.2) is 4.79 Å². The van der Waals surface area contributed by atoms with Gasteiger partial charge in [0.25, 0.3) is 0 Å². The first kappa shape index (κ1) is 22.0. The quantitative estimate of drug-likeness (QED) is 0.281. The normalized spacial score (nSPS) is 10.8. The smallest absolute Gasteiger partial charge is 0.450 e. The molecule has 0 saturated carbocycles. The fourth-order valence-electron chi connectivity index (χ4n) is 1.31. The molecule has 0 aliphatic heterocycles. The van der Waals surface area contributed by atoms with Crippen LogP contribution in [-0.2, 0) is 33.2 Å². The molecule has 0 unspecified atom stereocenters. The van der Waals surface area contributed by atoms with Crippen molar-refractivity contribution in [2.45, 2.75) is 0 Å². The van der Waals surface area contributed by atoms with Gasteiger partial charge in [-0.1, -0.05) is 0 Å². The first-order valence-corrected chi connectivity index (χ1v) is 7.50. The number of hydrogen-bond donors (Lipinski definition) is 1. The molecule has 0 fully saturated rings. The zero-order valence-electron chi connectivity index (χ0n) is 13.7. The van der Waals surface area contributed by atoms with Crippen LogP contribution in [0.15, 0.2) is 0 Å². The molecule has 23 heavy (non-hydrogen) atoms. The second-order valence-corrected chi connectivity index (χ2v) is 4.17. The molecule has 0 aliphatic carbocycles. The van der Waals surface area contributed by atoms with Gasteiger partial charge < -0.3 is 38.3 Å². The third kappa shape index (κ3) is 21.0. The molecule has 0 amide bonds. The Kier molecular flexibility index (Phi) is 18.3. The number of ether oxygens (including phenoxy) is 7. The molecule has 1 N–H and O–H groups in total. The molecule has 0 aromatic carbocycles. The maximum absolute atomic E-state index is 10.0. The highest BCUT2D eigenvalue weighted by Gasteiger charge is 1.96. The molecule has 0 heterocycles. The molecule has 9 heteroatoms. The Hall–Kier alpha value is -0.970. The topological polar surface area (TPSA) is 102 Å². The summed E-state index contributed by atoms with van der Waals surface area (Å²) in [6, 6.07) is 0. The summed E-state index contributed by atoms with van der Waals surface area (Å²) in [6.07, 6.45) is -1.30. The van der Waals surface area contributed by atoms with E-state index < -0.39 is 6.16 Å². The van der Waals surface area contributed by atoms with Crippen LogP contribution in [0, 0.1) is 0 Å². The number of rotatable bonds is 18. The zero-order valence-corrected chi connectivity index (χ0v) is 13.7. The standard InChI is InChI=1S/C14H28O9/c1-17-2-3-18-4-5-19-6-7-20-8-9-21-10-11-22-12-13-23-14(15)16/h2-13H2,1H3,(H,15,16). The summed E-state index contributed by atoms with van der Waals surface area (Å²) in [5.74, 6) is 0. The van der Waals surface area contributed by atoms with Crippen LogP contribution < -0.4 is 0 Å². The van der Waals surface area contributed by atoms with E-state index in [0.29, 0.717) is 66.1 Å². The minimum absolute atomic E-state index is 0.0237. The van der Waals surface area contributed by atoms with Crippen LogP contribution in [0.25, 0.3) is 0 Å². The molecular weight excluding hydrogens is 312 g/mol. The fraction of sp³-hybridized carbons (Fsp3) is 0.929. The van der Waals surface area contributed by atoms with Crippen molar-refractivity contribution in [2.24, 2.45) is 0 Å². The Morgan fingerprint density at radius 3 is 1.22 bits per heavy atom. The summed E-state index contributed by atoms with van der Waals surface area (Å²) in [4.78, 5) is 10.0. The van der Waals surface area contributed by atoms with Gasteiger partial charge >= 0.3 is 6.16 Å². The second-order valence-electron chi connectivity index (χ2n) is 4.17. The van der Waals surface area contributed by atoms with Crippen LogP contribution in [0.1, 0.15) is 0 Å². The van der Waals surface area contributed by atoms with Gasteiger partial charge in [-0.05, 0) is 0 Å². The maximum atomic E-state index is 10.0. The molecule has 0 radical (unpaired) electrons. The van der Waals surface area contributed by atoms with E-state index in [1.165, 1.54) is 0 Å². The van der Waals surface area contributed by atoms with Crippen LogP contribution in [0.4, 0.5) is 4.79 Å². The first-order valence-electron chi connectivity index (χ1n) is 7.50. The molecule has 0 bridgehead atoms. The van der Waals surface area contributed by atoms with Crippen LogP contribution in [0.3, 0.4) is 0 Å². The lowest BCUT2D eigenvalue weighted by Crippen LogP contribution is -2.14. The Balaban J connectivity index is 2.96. The van der Waals surface area contributed by atoms with Gasteiger partial charge in [0.15, 0.2) is 0 Å². The Morgan fingerprint density at radius 1 is 0.609 bits per heavy atom. The van der Waals surface area contributed by atoms with Crippen molar-refractivity contribution in [3.05, 3.63) is 0 Å². The average molecular weight is 340 g/mol. The van der Waals surface area contributed by atoms with Crippen LogP contribution in [0.2, 0.25) is 0 Å². The van der Waals surface area contributed by atoms with Crippen LogP contribution in [-0.4, -0.2) is 97.7 Å². The largest absolute Gasteiger partial charge is 0.505 e. The summed E-state index contributed by atoms with van der Waals surface area (Å²) in [7, 11) is 1.63. The lowest BCUT2D eigenvalue weighted by molar-refractivity contribution is -0.0178. The lowest BCUT2D eigenvalue weighted by Gasteiger charge is -2.07. The average Bonchev–Trinajstić information content (AvgIpc) is 2.53. The molecule has 0 aromatic heterocycles. The Labute approximate surface area is 136 Å². The molecule has 0 aliphatic rings. The van der Waals surface area contributed by atoms with Crippen molar-refractivity contribution in [3.8, 4) is 0 Å². The number of hydrogen-bond acceptors (Lipinski definition) is 8. The lowest BCUT2D eigenvalue weighted by atomic mass is 10.7. The number of carbonyl (C=O) groups is 1. The van der Waals surface area contributed by atoms with Gasteiger partial charge in [0, 0.05) is 7.11 Å². The van der Waals surface area contributed by atoms with E-state index in [0.717, 1.165) is 0 Å². The van der Waals surface area contributed by atoms with Gasteiger partial charge in [-0.3, -0.25) is 0 Å². The van der Waals surface area contributed by atoms with E-state index >= 15 is 0 Å². The fourth-order valence-corrected chi connectivity index (χ4v) is 1.31. The van der Waals surface area contributed by atoms with E-state index in [9.17, 15) is 4.79 Å². The third-order valence-corrected chi connectivity index (χ3v) is 2.37. The molecule has 138 valence electrons. The molecule has 0 saturated heterocycles. The van der Waals surface area contributed by atoms with E-state index in [4.69, 9.17) is 33.5 Å².